The molecule has 0 aliphatic heterocycles. The van der Waals surface area contributed by atoms with Crippen molar-refractivity contribution in [1.82, 2.24) is 5.43 Å². The molecular weight excluding hydrogens is 297 g/mol. The van der Waals surface area contributed by atoms with Crippen molar-refractivity contribution >= 4 is 23.7 Å². The monoisotopic (exact) mass is 313 g/mol. The summed E-state index contributed by atoms with van der Waals surface area (Å²) in [5, 5.41) is 6.13. The average molecular weight is 313 g/mol. The number of hydrazone groups is 1. The number of nitrogens with zero attached hydrogens (tertiary/aromatic N) is 1. The van der Waals surface area contributed by atoms with E-state index in [9.17, 15) is 14.0 Å². The van der Waals surface area contributed by atoms with Gasteiger partial charge in [0.2, 0.25) is 0 Å². The van der Waals surface area contributed by atoms with E-state index in [1.807, 2.05) is 37.3 Å². The molecule has 0 aliphatic carbocycles. The third kappa shape index (κ3) is 5.03. The molecule has 0 aromatic heterocycles. The van der Waals surface area contributed by atoms with E-state index in [2.05, 4.69) is 15.8 Å². The van der Waals surface area contributed by atoms with Crippen LogP contribution in [0.2, 0.25) is 0 Å². The molecule has 0 saturated heterocycles. The van der Waals surface area contributed by atoms with Gasteiger partial charge in [0.25, 0.3) is 0 Å². The molecule has 0 fully saturated rings. The molecule has 6 heteroatoms. The number of nitrogens with one attached hydrogen (secondary N) is 2. The maximum atomic E-state index is 12.8. The Hall–Kier alpha value is -3.02. The maximum Gasteiger partial charge on any atom is 0.329 e. The van der Waals surface area contributed by atoms with Crippen LogP contribution in [0, 0.1) is 5.82 Å². The van der Waals surface area contributed by atoms with Crippen molar-refractivity contribution in [3.8, 4) is 0 Å². The molecule has 2 amide bonds. The number of benzene rings is 2. The van der Waals surface area contributed by atoms with E-state index in [-0.39, 0.29) is 5.92 Å². The largest absolute Gasteiger partial charge is 0.329 e. The van der Waals surface area contributed by atoms with E-state index in [0.717, 1.165) is 5.56 Å². The lowest BCUT2D eigenvalue weighted by Gasteiger charge is -2.06. The normalized spacial score (nSPS) is 11.9. The van der Waals surface area contributed by atoms with Crippen molar-refractivity contribution in [1.29, 1.82) is 0 Å². The highest BCUT2D eigenvalue weighted by molar-refractivity contribution is 6.39. The Morgan fingerprint density at radius 2 is 1.70 bits per heavy atom. The molecule has 118 valence electrons. The fourth-order valence-corrected chi connectivity index (χ4v) is 1.82. The van der Waals surface area contributed by atoms with Crippen LogP contribution in [0.1, 0.15) is 18.4 Å². The van der Waals surface area contributed by atoms with Gasteiger partial charge in [-0.3, -0.25) is 9.59 Å². The summed E-state index contributed by atoms with van der Waals surface area (Å²) < 4.78 is 12.8. The first kappa shape index (κ1) is 16.4. The summed E-state index contributed by atoms with van der Waals surface area (Å²) in [6.45, 7) is 1.92. The zero-order valence-corrected chi connectivity index (χ0v) is 12.5. The zero-order valence-electron chi connectivity index (χ0n) is 12.5. The summed E-state index contributed by atoms with van der Waals surface area (Å²) >= 11 is 0. The minimum atomic E-state index is -0.897. The molecule has 23 heavy (non-hydrogen) atoms. The number of amides is 2. The molecule has 1 atom stereocenters. The minimum absolute atomic E-state index is 0.00309. The third-order valence-corrected chi connectivity index (χ3v) is 3.10. The maximum absolute atomic E-state index is 12.8. The van der Waals surface area contributed by atoms with E-state index in [1.165, 1.54) is 24.3 Å². The second kappa shape index (κ2) is 7.84. The molecule has 0 saturated carbocycles. The van der Waals surface area contributed by atoms with Crippen molar-refractivity contribution in [2.24, 2.45) is 5.10 Å². The standard InChI is InChI=1S/C17H16FN3O2/c1-12(13-5-3-2-4-6-13)11-19-21-17(23)16(22)20-15-9-7-14(18)8-10-15/h2-12H,1H3,(H,20,22)(H,21,23)/b19-11+. The zero-order chi connectivity index (χ0) is 16.7. The SMILES string of the molecule is CC(/C=N/NC(=O)C(=O)Nc1ccc(F)cc1)c1ccccc1. The predicted molar refractivity (Wildman–Crippen MR) is 86.5 cm³/mol. The molecule has 0 aliphatic rings. The van der Waals surface area contributed by atoms with E-state index in [1.54, 1.807) is 6.21 Å². The van der Waals surface area contributed by atoms with Crippen molar-refractivity contribution in [2.45, 2.75) is 12.8 Å². The van der Waals surface area contributed by atoms with Crippen LogP contribution < -0.4 is 10.7 Å². The predicted octanol–water partition coefficient (Wildman–Crippen LogP) is 2.67. The molecule has 2 N–H and O–H groups in total. The Bertz CT molecular complexity index is 700. The number of carbonyl (C=O) groups is 2. The quantitative estimate of drug-likeness (QED) is 0.517. The molecule has 2 aromatic carbocycles. The van der Waals surface area contributed by atoms with Gasteiger partial charge in [-0.1, -0.05) is 37.3 Å². The summed E-state index contributed by atoms with van der Waals surface area (Å²) in [6, 6.07) is 14.7. The van der Waals surface area contributed by atoms with Crippen LogP contribution in [0.5, 0.6) is 0 Å². The van der Waals surface area contributed by atoms with E-state index < -0.39 is 17.6 Å². The first-order chi connectivity index (χ1) is 11.1. The van der Waals surface area contributed by atoms with Crippen LogP contribution in [0.15, 0.2) is 59.7 Å². The second-order valence-electron chi connectivity index (χ2n) is 4.88. The van der Waals surface area contributed by atoms with E-state index >= 15 is 0 Å². The smallest absolute Gasteiger partial charge is 0.318 e. The summed E-state index contributed by atoms with van der Waals surface area (Å²) in [6.07, 6.45) is 1.54. The van der Waals surface area contributed by atoms with Crippen molar-refractivity contribution < 1.29 is 14.0 Å². The lowest BCUT2D eigenvalue weighted by molar-refractivity contribution is -0.136. The molecule has 2 aromatic rings. The van der Waals surface area contributed by atoms with Crippen LogP contribution in [0.3, 0.4) is 0 Å². The van der Waals surface area contributed by atoms with Crippen LogP contribution >= 0.6 is 0 Å². The number of anilines is 1. The molecule has 0 bridgehead atoms. The van der Waals surface area contributed by atoms with Gasteiger partial charge in [0.05, 0.1) is 0 Å². The van der Waals surface area contributed by atoms with Crippen LogP contribution in [0.4, 0.5) is 10.1 Å². The topological polar surface area (TPSA) is 70.6 Å². The van der Waals surface area contributed by atoms with Gasteiger partial charge in [-0.2, -0.15) is 5.10 Å². The molecule has 2 rings (SSSR count). The van der Waals surface area contributed by atoms with Crippen molar-refractivity contribution in [3.63, 3.8) is 0 Å². The Kier molecular flexibility index (Phi) is 5.57. The molecule has 5 nitrogen and oxygen atoms in total. The summed E-state index contributed by atoms with van der Waals surface area (Å²) in [7, 11) is 0. The third-order valence-electron chi connectivity index (χ3n) is 3.10. The van der Waals surface area contributed by atoms with Crippen molar-refractivity contribution in [2.75, 3.05) is 5.32 Å². The molecule has 0 radical (unpaired) electrons. The van der Waals surface area contributed by atoms with Gasteiger partial charge in [-0.05, 0) is 29.8 Å². The minimum Gasteiger partial charge on any atom is -0.318 e. The van der Waals surface area contributed by atoms with Gasteiger partial charge in [0, 0.05) is 17.8 Å². The molecule has 0 heterocycles. The fourth-order valence-electron chi connectivity index (χ4n) is 1.82. The number of halogens is 1. The Morgan fingerprint density at radius 1 is 1.04 bits per heavy atom. The lowest BCUT2D eigenvalue weighted by Crippen LogP contribution is -2.32. The van der Waals surface area contributed by atoms with Gasteiger partial charge in [-0.15, -0.1) is 0 Å². The van der Waals surface area contributed by atoms with Gasteiger partial charge < -0.3 is 5.32 Å². The van der Waals surface area contributed by atoms with Gasteiger partial charge in [0.15, 0.2) is 0 Å². The molecular formula is C17H16FN3O2. The van der Waals surface area contributed by atoms with E-state index in [4.69, 9.17) is 0 Å². The van der Waals surface area contributed by atoms with Gasteiger partial charge >= 0.3 is 11.8 Å². The first-order valence-corrected chi connectivity index (χ1v) is 7.01. The summed E-state index contributed by atoms with van der Waals surface area (Å²) in [4.78, 5) is 23.3. The Balaban J connectivity index is 1.85. The summed E-state index contributed by atoms with van der Waals surface area (Å²) in [5.41, 5.74) is 3.53. The number of hydrogen-bond donors (Lipinski definition) is 2. The highest BCUT2D eigenvalue weighted by Gasteiger charge is 2.13. The Morgan fingerprint density at radius 3 is 2.35 bits per heavy atom. The molecule has 0 spiro atoms. The summed E-state index contributed by atoms with van der Waals surface area (Å²) in [5.74, 6) is -2.20. The highest BCUT2D eigenvalue weighted by Crippen LogP contribution is 2.11. The van der Waals surface area contributed by atoms with Crippen LogP contribution in [0.25, 0.3) is 0 Å². The number of hydrogen-bond acceptors (Lipinski definition) is 3. The first-order valence-electron chi connectivity index (χ1n) is 7.01. The van der Waals surface area contributed by atoms with Gasteiger partial charge in [0.1, 0.15) is 5.82 Å². The van der Waals surface area contributed by atoms with E-state index in [0.29, 0.717) is 5.69 Å². The lowest BCUT2D eigenvalue weighted by atomic mass is 10.0. The van der Waals surface area contributed by atoms with Gasteiger partial charge in [-0.25, -0.2) is 9.82 Å². The second-order valence-corrected chi connectivity index (χ2v) is 4.88. The number of carbonyl (C=O) groups excluding carboxylic acids is 2. The fraction of sp³-hybridized carbons (Fsp3) is 0.118. The highest BCUT2D eigenvalue weighted by atomic mass is 19.1. The Labute approximate surface area is 133 Å². The molecule has 1 unspecified atom stereocenters. The van der Waals surface area contributed by atoms with Crippen LogP contribution in [-0.4, -0.2) is 18.0 Å². The van der Waals surface area contributed by atoms with Crippen LogP contribution in [-0.2, 0) is 9.59 Å². The van der Waals surface area contributed by atoms with Crippen molar-refractivity contribution in [3.05, 3.63) is 66.0 Å². The average Bonchev–Trinajstić information content (AvgIpc) is 2.57. The number of rotatable bonds is 4.